The molecule has 7 heteroatoms. The number of nitrogens with zero attached hydrogens (tertiary/aromatic N) is 1. The fraction of sp³-hybridized carbons (Fsp3) is 0.615. The molecule has 2 heterocycles. The minimum atomic E-state index is -0.631. The Bertz CT molecular complexity index is 569. The van der Waals surface area contributed by atoms with Crippen molar-refractivity contribution in [2.75, 3.05) is 26.2 Å². The van der Waals surface area contributed by atoms with Crippen molar-refractivity contribution in [1.29, 1.82) is 0 Å². The minimum Gasteiger partial charge on any atom is -0.338 e. The van der Waals surface area contributed by atoms with Crippen LogP contribution in [0.1, 0.15) is 30.1 Å². The molecule has 110 valence electrons. The number of piperidine rings is 1. The maximum atomic E-state index is 12.2. The van der Waals surface area contributed by atoms with Crippen molar-refractivity contribution in [1.82, 2.24) is 20.2 Å². The summed E-state index contributed by atoms with van der Waals surface area (Å²) in [5.74, 6) is 0.261. The van der Waals surface area contributed by atoms with Crippen LogP contribution in [0.4, 0.5) is 0 Å². The summed E-state index contributed by atoms with van der Waals surface area (Å²) in [5, 5.41) is 3.31. The number of nitrogens with one attached hydrogen (secondary N) is 3. The van der Waals surface area contributed by atoms with Gasteiger partial charge in [-0.3, -0.25) is 14.6 Å². The van der Waals surface area contributed by atoms with Crippen molar-refractivity contribution < 1.29 is 4.79 Å². The van der Waals surface area contributed by atoms with E-state index in [1.54, 1.807) is 4.90 Å². The zero-order chi connectivity index (χ0) is 14.5. The zero-order valence-electron chi connectivity index (χ0n) is 11.6. The van der Waals surface area contributed by atoms with Crippen LogP contribution in [0.5, 0.6) is 0 Å². The van der Waals surface area contributed by atoms with Crippen molar-refractivity contribution in [3.8, 4) is 0 Å². The number of H-pyrrole nitrogens is 2. The molecule has 1 aliphatic rings. The molecule has 1 aliphatic heterocycles. The summed E-state index contributed by atoms with van der Waals surface area (Å²) in [4.78, 5) is 40.8. The lowest BCUT2D eigenvalue weighted by atomic mass is 9.96. The van der Waals surface area contributed by atoms with Crippen LogP contribution in [0.3, 0.4) is 0 Å². The first kappa shape index (κ1) is 14.5. The maximum Gasteiger partial charge on any atom is 0.325 e. The molecule has 1 aromatic heterocycles. The summed E-state index contributed by atoms with van der Waals surface area (Å²) in [6, 6.07) is 0. The van der Waals surface area contributed by atoms with E-state index >= 15 is 0 Å². The highest BCUT2D eigenvalue weighted by molar-refractivity contribution is 5.93. The van der Waals surface area contributed by atoms with Gasteiger partial charge in [-0.05, 0) is 31.8 Å². The van der Waals surface area contributed by atoms with E-state index in [1.807, 2.05) is 0 Å². The van der Waals surface area contributed by atoms with Gasteiger partial charge in [-0.25, -0.2) is 4.79 Å². The summed E-state index contributed by atoms with van der Waals surface area (Å²) < 4.78 is 0. The average molecular weight is 280 g/mol. The van der Waals surface area contributed by atoms with E-state index in [0.29, 0.717) is 19.0 Å². The standard InChI is InChI=1S/C13H20N4O3/c1-2-14-7-9-3-5-17(6-4-9)12(19)10-8-15-13(20)16-11(10)18/h8-9,14H,2-7H2,1H3,(H2,15,16,18,20). The summed E-state index contributed by atoms with van der Waals surface area (Å²) in [5.41, 5.74) is -1.24. The van der Waals surface area contributed by atoms with Crippen molar-refractivity contribution in [2.45, 2.75) is 19.8 Å². The first-order valence-corrected chi connectivity index (χ1v) is 6.93. The first-order chi connectivity index (χ1) is 9.61. The first-order valence-electron chi connectivity index (χ1n) is 6.93. The molecular weight excluding hydrogens is 260 g/mol. The van der Waals surface area contributed by atoms with Gasteiger partial charge >= 0.3 is 5.69 Å². The second-order valence-corrected chi connectivity index (χ2v) is 5.03. The highest BCUT2D eigenvalue weighted by Crippen LogP contribution is 2.17. The van der Waals surface area contributed by atoms with Crippen molar-refractivity contribution in [3.05, 3.63) is 32.6 Å². The predicted octanol–water partition coefficient (Wildman–Crippen LogP) is -0.475. The SMILES string of the molecule is CCNCC1CCN(C(=O)c2c[nH]c(=O)[nH]c2=O)CC1. The van der Waals surface area contributed by atoms with E-state index in [0.717, 1.165) is 25.9 Å². The fourth-order valence-electron chi connectivity index (χ4n) is 2.43. The molecule has 0 bridgehead atoms. The van der Waals surface area contributed by atoms with Crippen LogP contribution < -0.4 is 16.6 Å². The van der Waals surface area contributed by atoms with Gasteiger partial charge in [-0.15, -0.1) is 0 Å². The Hall–Kier alpha value is -1.89. The monoisotopic (exact) mass is 280 g/mol. The summed E-state index contributed by atoms with van der Waals surface area (Å²) >= 11 is 0. The quantitative estimate of drug-likeness (QED) is 0.694. The lowest BCUT2D eigenvalue weighted by Gasteiger charge is -2.31. The molecule has 0 unspecified atom stereocenters. The molecule has 0 radical (unpaired) electrons. The number of carbonyl (C=O) groups is 1. The van der Waals surface area contributed by atoms with E-state index in [4.69, 9.17) is 0 Å². The third-order valence-corrected chi connectivity index (χ3v) is 3.63. The Morgan fingerprint density at radius 1 is 1.40 bits per heavy atom. The topological polar surface area (TPSA) is 98.1 Å². The van der Waals surface area contributed by atoms with E-state index in [-0.39, 0.29) is 11.5 Å². The van der Waals surface area contributed by atoms with Crippen molar-refractivity contribution >= 4 is 5.91 Å². The Kier molecular flexibility index (Phi) is 4.73. The van der Waals surface area contributed by atoms with Crippen LogP contribution in [-0.4, -0.2) is 47.0 Å². The lowest BCUT2D eigenvalue weighted by molar-refractivity contribution is 0.0688. The van der Waals surface area contributed by atoms with Gasteiger partial charge in [0.2, 0.25) is 0 Å². The number of amides is 1. The highest BCUT2D eigenvalue weighted by atomic mass is 16.2. The molecule has 1 aromatic rings. The second-order valence-electron chi connectivity index (χ2n) is 5.03. The van der Waals surface area contributed by atoms with Gasteiger partial charge in [0.15, 0.2) is 0 Å². The highest BCUT2D eigenvalue weighted by Gasteiger charge is 2.24. The molecule has 3 N–H and O–H groups in total. The molecule has 1 fully saturated rings. The van der Waals surface area contributed by atoms with Crippen molar-refractivity contribution in [2.24, 2.45) is 5.92 Å². The number of aromatic amines is 2. The van der Waals surface area contributed by atoms with Crippen LogP contribution in [0.2, 0.25) is 0 Å². The number of rotatable bonds is 4. The Morgan fingerprint density at radius 2 is 2.10 bits per heavy atom. The molecule has 7 nitrogen and oxygen atoms in total. The molecule has 0 saturated carbocycles. The van der Waals surface area contributed by atoms with Gasteiger partial charge in [-0.1, -0.05) is 6.92 Å². The van der Waals surface area contributed by atoms with E-state index in [2.05, 4.69) is 22.2 Å². The number of likely N-dealkylation sites (tertiary alicyclic amines) is 1. The summed E-state index contributed by atoms with van der Waals surface area (Å²) in [6.45, 7) is 5.28. The van der Waals surface area contributed by atoms with E-state index in [9.17, 15) is 14.4 Å². The second kappa shape index (κ2) is 6.51. The van der Waals surface area contributed by atoms with Gasteiger partial charge in [-0.2, -0.15) is 0 Å². The summed E-state index contributed by atoms with van der Waals surface area (Å²) in [6.07, 6.45) is 3.05. The number of hydrogen-bond acceptors (Lipinski definition) is 4. The molecule has 0 aliphatic carbocycles. The van der Waals surface area contributed by atoms with E-state index < -0.39 is 11.2 Å². The van der Waals surface area contributed by atoms with Crippen LogP contribution >= 0.6 is 0 Å². The Balaban J connectivity index is 1.98. The molecular formula is C13H20N4O3. The third-order valence-electron chi connectivity index (χ3n) is 3.63. The maximum absolute atomic E-state index is 12.2. The molecule has 0 aromatic carbocycles. The normalized spacial score (nSPS) is 16.4. The van der Waals surface area contributed by atoms with Gasteiger partial charge in [0.25, 0.3) is 11.5 Å². The minimum absolute atomic E-state index is 0.00488. The van der Waals surface area contributed by atoms with Crippen LogP contribution in [0, 0.1) is 5.92 Å². The van der Waals surface area contributed by atoms with Gasteiger partial charge in [0.1, 0.15) is 5.56 Å². The molecule has 1 saturated heterocycles. The van der Waals surface area contributed by atoms with Crippen LogP contribution in [0.15, 0.2) is 15.8 Å². The Morgan fingerprint density at radius 3 is 2.70 bits per heavy atom. The van der Waals surface area contributed by atoms with Gasteiger partial charge in [0.05, 0.1) is 0 Å². The van der Waals surface area contributed by atoms with Crippen LogP contribution in [0.25, 0.3) is 0 Å². The number of aromatic nitrogens is 2. The summed E-state index contributed by atoms with van der Waals surface area (Å²) in [7, 11) is 0. The number of carbonyl (C=O) groups excluding carboxylic acids is 1. The van der Waals surface area contributed by atoms with Gasteiger partial charge in [0, 0.05) is 19.3 Å². The van der Waals surface area contributed by atoms with Crippen molar-refractivity contribution in [3.63, 3.8) is 0 Å². The molecule has 0 spiro atoms. The average Bonchev–Trinajstić information content (AvgIpc) is 2.45. The fourth-order valence-corrected chi connectivity index (χ4v) is 2.43. The predicted molar refractivity (Wildman–Crippen MR) is 74.9 cm³/mol. The van der Waals surface area contributed by atoms with E-state index in [1.165, 1.54) is 6.20 Å². The molecule has 1 amide bonds. The largest absolute Gasteiger partial charge is 0.338 e. The van der Waals surface area contributed by atoms with Crippen LogP contribution in [-0.2, 0) is 0 Å². The molecule has 2 rings (SSSR count). The lowest BCUT2D eigenvalue weighted by Crippen LogP contribution is -2.43. The number of hydrogen-bond donors (Lipinski definition) is 3. The zero-order valence-corrected chi connectivity index (χ0v) is 11.6. The Labute approximate surface area is 116 Å². The van der Waals surface area contributed by atoms with Gasteiger partial charge < -0.3 is 15.2 Å². The molecule has 20 heavy (non-hydrogen) atoms. The third kappa shape index (κ3) is 3.36. The molecule has 0 atom stereocenters. The smallest absolute Gasteiger partial charge is 0.325 e.